The maximum atomic E-state index is 6.23. The highest BCUT2D eigenvalue weighted by Crippen LogP contribution is 2.40. The summed E-state index contributed by atoms with van der Waals surface area (Å²) in [5, 5.41) is 3.59. The minimum Gasteiger partial charge on any atom is -0.401 e. The molecular weight excluding hydrogens is 456 g/mol. The lowest BCUT2D eigenvalue weighted by molar-refractivity contribution is 0.0552. The third-order valence-electron chi connectivity index (χ3n) is 6.80. The van der Waals surface area contributed by atoms with Crippen molar-refractivity contribution < 1.29 is 4.74 Å². The van der Waals surface area contributed by atoms with Crippen molar-refractivity contribution in [3.05, 3.63) is 71.6 Å². The second-order valence-electron chi connectivity index (χ2n) is 9.13. The molecule has 8 heteroatoms. The van der Waals surface area contributed by atoms with E-state index in [1.807, 2.05) is 13.1 Å². The van der Waals surface area contributed by atoms with Gasteiger partial charge >= 0.3 is 0 Å². The van der Waals surface area contributed by atoms with Gasteiger partial charge in [-0.15, -0.1) is 11.8 Å². The van der Waals surface area contributed by atoms with Crippen LogP contribution in [0.2, 0.25) is 0 Å². The Labute approximate surface area is 210 Å². The van der Waals surface area contributed by atoms with Gasteiger partial charge < -0.3 is 20.0 Å². The number of benzene rings is 1. The van der Waals surface area contributed by atoms with E-state index >= 15 is 0 Å². The Hall–Kier alpha value is -3.07. The number of nitrogens with zero attached hydrogens (tertiary/aromatic N) is 4. The van der Waals surface area contributed by atoms with Crippen LogP contribution in [0.25, 0.3) is 27.8 Å². The number of nitrogens with two attached hydrogens (primary N) is 2. The van der Waals surface area contributed by atoms with Crippen LogP contribution in [0.4, 0.5) is 0 Å². The summed E-state index contributed by atoms with van der Waals surface area (Å²) in [5.41, 5.74) is 12.7. The van der Waals surface area contributed by atoms with Gasteiger partial charge in [0.1, 0.15) is 5.65 Å². The third-order valence-corrected chi connectivity index (χ3v) is 7.45. The molecule has 1 atom stereocenters. The Morgan fingerprint density at radius 1 is 1.17 bits per heavy atom. The van der Waals surface area contributed by atoms with Gasteiger partial charge in [0.25, 0.3) is 0 Å². The van der Waals surface area contributed by atoms with Crippen LogP contribution in [0.15, 0.2) is 65.5 Å². The molecule has 4 N–H and O–H groups in total. The maximum absolute atomic E-state index is 6.23. The predicted octanol–water partition coefficient (Wildman–Crippen LogP) is 4.78. The van der Waals surface area contributed by atoms with Gasteiger partial charge in [0.15, 0.2) is 0 Å². The number of ether oxygens (including phenoxy) is 1. The summed E-state index contributed by atoms with van der Waals surface area (Å²) >= 11 is 1.65. The van der Waals surface area contributed by atoms with Gasteiger partial charge in [0.2, 0.25) is 0 Å². The molecule has 0 amide bonds. The fraction of sp³-hybridized carbons (Fsp3) is 0.333. The Morgan fingerprint density at radius 3 is 2.57 bits per heavy atom. The van der Waals surface area contributed by atoms with E-state index in [2.05, 4.69) is 59.4 Å². The Balaban J connectivity index is 1.85. The number of hydrogen-bond acceptors (Lipinski definition) is 7. The van der Waals surface area contributed by atoms with Crippen molar-refractivity contribution in [3.8, 4) is 0 Å². The van der Waals surface area contributed by atoms with Crippen LogP contribution in [0.5, 0.6) is 0 Å². The maximum Gasteiger partial charge on any atom is 0.144 e. The molecule has 7 nitrogen and oxygen atoms in total. The van der Waals surface area contributed by atoms with Crippen molar-refractivity contribution in [2.75, 3.05) is 26.5 Å². The zero-order valence-corrected chi connectivity index (χ0v) is 21.3. The summed E-state index contributed by atoms with van der Waals surface area (Å²) in [6.45, 7) is 3.41. The molecule has 0 radical (unpaired) electrons. The smallest absolute Gasteiger partial charge is 0.144 e. The summed E-state index contributed by atoms with van der Waals surface area (Å²) in [4.78, 5) is 10.0. The van der Waals surface area contributed by atoms with Crippen LogP contribution in [0.3, 0.4) is 0 Å². The van der Waals surface area contributed by atoms with E-state index in [-0.39, 0.29) is 6.04 Å². The van der Waals surface area contributed by atoms with Gasteiger partial charge in [-0.25, -0.2) is 10.8 Å². The molecule has 4 heterocycles. The Morgan fingerprint density at radius 2 is 1.91 bits per heavy atom. The molecule has 4 aromatic rings. The Bertz CT molecular complexity index is 1370. The van der Waals surface area contributed by atoms with Crippen LogP contribution in [-0.4, -0.2) is 46.1 Å². The monoisotopic (exact) mass is 488 g/mol. The van der Waals surface area contributed by atoms with Gasteiger partial charge in [0.05, 0.1) is 27.8 Å². The molecule has 0 saturated carbocycles. The van der Waals surface area contributed by atoms with Crippen LogP contribution in [0.1, 0.15) is 36.9 Å². The largest absolute Gasteiger partial charge is 0.401 e. The summed E-state index contributed by atoms with van der Waals surface area (Å²) < 4.78 is 8.13. The summed E-state index contributed by atoms with van der Waals surface area (Å²) in [5.74, 6) is 6.58. The summed E-state index contributed by atoms with van der Waals surface area (Å²) in [6, 6.07) is 17.2. The quantitative estimate of drug-likeness (QED) is 0.229. The van der Waals surface area contributed by atoms with Gasteiger partial charge in [-0.1, -0.05) is 30.3 Å². The van der Waals surface area contributed by atoms with Crippen molar-refractivity contribution in [2.45, 2.75) is 30.8 Å². The molecular formula is C27H32N6OS. The average Bonchev–Trinajstić information content (AvgIpc) is 3.18. The fourth-order valence-corrected chi connectivity index (χ4v) is 5.69. The number of thioether (sulfide) groups is 1. The molecule has 3 aromatic heterocycles. The van der Waals surface area contributed by atoms with E-state index in [0.717, 1.165) is 64.4 Å². The number of allylic oxidation sites excluding steroid dienone is 1. The number of hydrogen-bond donors (Lipinski definition) is 2. The van der Waals surface area contributed by atoms with E-state index in [1.54, 1.807) is 23.8 Å². The topological polar surface area (TPSA) is 95.2 Å². The number of hydrazine groups is 1. The minimum absolute atomic E-state index is 0.101. The van der Waals surface area contributed by atoms with Crippen molar-refractivity contribution in [1.82, 2.24) is 19.5 Å². The van der Waals surface area contributed by atoms with E-state index in [0.29, 0.717) is 11.6 Å². The van der Waals surface area contributed by atoms with Crippen molar-refractivity contribution in [3.63, 3.8) is 0 Å². The second-order valence-corrected chi connectivity index (χ2v) is 9.96. The zero-order chi connectivity index (χ0) is 24.5. The molecule has 0 bridgehead atoms. The number of aromatic nitrogens is 3. The van der Waals surface area contributed by atoms with Crippen molar-refractivity contribution in [1.29, 1.82) is 0 Å². The first kappa shape index (κ1) is 23.7. The van der Waals surface area contributed by atoms with Crippen LogP contribution < -0.4 is 11.6 Å². The van der Waals surface area contributed by atoms with Crippen LogP contribution in [0, 0.1) is 5.92 Å². The van der Waals surface area contributed by atoms with Gasteiger partial charge in [0, 0.05) is 43.1 Å². The number of fused-ring (bicyclic) bond motifs is 3. The number of pyridine rings is 2. The van der Waals surface area contributed by atoms with E-state index in [4.69, 9.17) is 26.3 Å². The SMILES string of the molecule is CSc1ccc2c3ncc(/C(=C(\C)N)N(C)N)cc3n([C@H](c3ccccc3)C3CCOCC3)c2n1. The van der Waals surface area contributed by atoms with Crippen LogP contribution in [-0.2, 0) is 4.74 Å². The third kappa shape index (κ3) is 4.37. The molecule has 1 aromatic carbocycles. The lowest BCUT2D eigenvalue weighted by atomic mass is 9.86. The first-order chi connectivity index (χ1) is 17.0. The highest BCUT2D eigenvalue weighted by molar-refractivity contribution is 7.98. The molecule has 1 aliphatic rings. The molecule has 1 aliphatic heterocycles. The second kappa shape index (κ2) is 9.89. The minimum atomic E-state index is 0.101. The molecule has 1 fully saturated rings. The Kier molecular flexibility index (Phi) is 6.69. The van der Waals surface area contributed by atoms with E-state index < -0.39 is 0 Å². The summed E-state index contributed by atoms with van der Waals surface area (Å²) in [7, 11) is 1.80. The average molecular weight is 489 g/mol. The van der Waals surface area contributed by atoms with Crippen LogP contribution >= 0.6 is 11.8 Å². The molecule has 0 unspecified atom stereocenters. The molecule has 0 aliphatic carbocycles. The first-order valence-electron chi connectivity index (χ1n) is 11.9. The van der Waals surface area contributed by atoms with Gasteiger partial charge in [-0.2, -0.15) is 0 Å². The van der Waals surface area contributed by atoms with Gasteiger partial charge in [-0.3, -0.25) is 4.98 Å². The normalized spacial score (nSPS) is 16.5. The lowest BCUT2D eigenvalue weighted by Gasteiger charge is -2.33. The molecule has 1 saturated heterocycles. The number of rotatable bonds is 6. The first-order valence-corrected chi connectivity index (χ1v) is 13.1. The zero-order valence-electron chi connectivity index (χ0n) is 20.4. The standard InChI is InChI=1S/C27H32N6OS/c1-17(28)25(32(2)29)20-15-22-24(30-16-20)21-9-10-23(35-3)31-27(21)33(22)26(18-7-5-4-6-8-18)19-11-13-34-14-12-19/h4-10,15-16,19,26H,11-14,28-29H2,1-3H3/b25-17-/t26-/m1/s1. The highest BCUT2D eigenvalue weighted by atomic mass is 32.2. The fourth-order valence-electron chi connectivity index (χ4n) is 5.31. The highest BCUT2D eigenvalue weighted by Gasteiger charge is 2.31. The molecule has 35 heavy (non-hydrogen) atoms. The molecule has 5 rings (SSSR count). The van der Waals surface area contributed by atoms with Gasteiger partial charge in [-0.05, 0) is 55.7 Å². The van der Waals surface area contributed by atoms with E-state index in [1.165, 1.54) is 5.56 Å². The summed E-state index contributed by atoms with van der Waals surface area (Å²) in [6.07, 6.45) is 5.90. The van der Waals surface area contributed by atoms with E-state index in [9.17, 15) is 0 Å². The molecule has 0 spiro atoms. The predicted molar refractivity (Wildman–Crippen MR) is 144 cm³/mol. The lowest BCUT2D eigenvalue weighted by Crippen LogP contribution is -2.27. The molecule has 182 valence electrons. The van der Waals surface area contributed by atoms with Crippen molar-refractivity contribution >= 4 is 39.5 Å². The van der Waals surface area contributed by atoms with Crippen molar-refractivity contribution in [2.24, 2.45) is 17.5 Å².